The molecule has 1 aliphatic heterocycles. The lowest BCUT2D eigenvalue weighted by atomic mass is 10.0. The third-order valence-corrected chi connectivity index (χ3v) is 5.62. The smallest absolute Gasteiger partial charge is 0.226 e. The summed E-state index contributed by atoms with van der Waals surface area (Å²) in [7, 11) is 1.89. The number of morpholine rings is 1. The van der Waals surface area contributed by atoms with Crippen LogP contribution in [0, 0.1) is 23.5 Å². The Balaban J connectivity index is 0.000000189. The summed E-state index contributed by atoms with van der Waals surface area (Å²) in [6, 6.07) is 12.5. The molecular weight excluding hydrogens is 418 g/mol. The number of amides is 1. The van der Waals surface area contributed by atoms with Gasteiger partial charge in [-0.2, -0.15) is 0 Å². The predicted octanol–water partition coefficient (Wildman–Crippen LogP) is 5.01. The summed E-state index contributed by atoms with van der Waals surface area (Å²) in [5.74, 6) is 0.228. The van der Waals surface area contributed by atoms with Gasteiger partial charge in [-0.3, -0.25) is 9.52 Å². The molecule has 1 saturated heterocycles. The normalized spacial score (nSPS) is 21.9. The second kappa shape index (κ2) is 12.8. The van der Waals surface area contributed by atoms with Gasteiger partial charge in [0.2, 0.25) is 5.91 Å². The van der Waals surface area contributed by atoms with Gasteiger partial charge < -0.3 is 9.64 Å². The molecule has 1 N–H and O–H groups in total. The van der Waals surface area contributed by atoms with Crippen LogP contribution in [-0.2, 0) is 9.53 Å². The van der Waals surface area contributed by atoms with Gasteiger partial charge in [-0.15, -0.1) is 0 Å². The Morgan fingerprint density at radius 2 is 1.68 bits per heavy atom. The molecule has 3 atom stereocenters. The fourth-order valence-electron chi connectivity index (χ4n) is 3.30. The highest BCUT2D eigenvalue weighted by Crippen LogP contribution is 2.39. The predicted molar refractivity (Wildman–Crippen MR) is 124 cm³/mol. The highest BCUT2D eigenvalue weighted by molar-refractivity contribution is 7.96. The number of nitrogens with zero attached hydrogens (tertiary/aromatic N) is 1. The Morgan fingerprint density at radius 3 is 2.16 bits per heavy atom. The number of hydrogen-bond acceptors (Lipinski definition) is 4. The monoisotopic (exact) mass is 450 g/mol. The molecular formula is C24H32F2N2O2S. The Labute approximate surface area is 188 Å². The van der Waals surface area contributed by atoms with Crippen LogP contribution in [0.25, 0.3) is 11.1 Å². The molecule has 0 bridgehead atoms. The molecule has 1 heterocycles. The van der Waals surface area contributed by atoms with E-state index in [0.29, 0.717) is 29.9 Å². The van der Waals surface area contributed by atoms with E-state index in [1.54, 1.807) is 36.2 Å². The van der Waals surface area contributed by atoms with Crippen LogP contribution in [0.5, 0.6) is 0 Å². The zero-order valence-corrected chi connectivity index (χ0v) is 19.4. The Hall–Kier alpha value is -1.96. The molecule has 170 valence electrons. The summed E-state index contributed by atoms with van der Waals surface area (Å²) in [5, 5.41) is 0. The number of hydrogen-bond donors (Lipinski definition) is 1. The highest BCUT2D eigenvalue weighted by atomic mass is 32.2. The maximum absolute atomic E-state index is 13.3. The second-order valence-electron chi connectivity index (χ2n) is 7.66. The minimum atomic E-state index is -0.531. The summed E-state index contributed by atoms with van der Waals surface area (Å²) in [6.07, 6.45) is 3.29. The van der Waals surface area contributed by atoms with Crippen LogP contribution < -0.4 is 4.72 Å². The van der Waals surface area contributed by atoms with Gasteiger partial charge in [0.1, 0.15) is 11.6 Å². The third-order valence-electron chi connectivity index (χ3n) is 5.21. The van der Waals surface area contributed by atoms with Crippen molar-refractivity contribution in [1.29, 1.82) is 0 Å². The quantitative estimate of drug-likeness (QED) is 0.668. The van der Waals surface area contributed by atoms with Crippen molar-refractivity contribution in [3.05, 3.63) is 60.2 Å². The van der Waals surface area contributed by atoms with Crippen LogP contribution in [0.15, 0.2) is 48.5 Å². The number of nitrogens with one attached hydrogen (secondary N) is 1. The number of ether oxygens (including phenoxy) is 1. The Bertz CT molecular complexity index is 800. The Morgan fingerprint density at radius 1 is 1.10 bits per heavy atom. The van der Waals surface area contributed by atoms with Crippen LogP contribution in [0.1, 0.15) is 20.3 Å². The maximum Gasteiger partial charge on any atom is 0.226 e. The topological polar surface area (TPSA) is 41.6 Å². The first-order chi connectivity index (χ1) is 14.9. The molecule has 0 radical (unpaired) electrons. The molecule has 1 aliphatic carbocycles. The molecule has 2 aliphatic rings. The fourth-order valence-corrected chi connectivity index (χ4v) is 3.30. The fraction of sp³-hybridized carbons (Fsp3) is 0.458. The van der Waals surface area contributed by atoms with Gasteiger partial charge in [-0.25, -0.2) is 8.78 Å². The number of benzene rings is 2. The van der Waals surface area contributed by atoms with Crippen molar-refractivity contribution in [2.75, 3.05) is 33.0 Å². The average Bonchev–Trinajstić information content (AvgIpc) is 3.51. The van der Waals surface area contributed by atoms with Gasteiger partial charge in [-0.05, 0) is 50.3 Å². The van der Waals surface area contributed by atoms with E-state index in [4.69, 9.17) is 4.74 Å². The molecule has 0 unspecified atom stereocenters. The van der Waals surface area contributed by atoms with Crippen LogP contribution in [0.4, 0.5) is 8.78 Å². The van der Waals surface area contributed by atoms with Crippen LogP contribution in [-0.4, -0.2) is 49.9 Å². The molecule has 31 heavy (non-hydrogen) atoms. The van der Waals surface area contributed by atoms with Gasteiger partial charge >= 0.3 is 0 Å². The lowest BCUT2D eigenvalue weighted by Gasteiger charge is -2.31. The molecule has 4 nitrogen and oxygen atoms in total. The van der Waals surface area contributed by atoms with Crippen molar-refractivity contribution >= 4 is 17.9 Å². The van der Waals surface area contributed by atoms with E-state index in [1.807, 2.05) is 31.2 Å². The van der Waals surface area contributed by atoms with Crippen molar-refractivity contribution in [2.24, 2.45) is 11.8 Å². The molecule has 0 aromatic heterocycles. The van der Waals surface area contributed by atoms with Gasteiger partial charge in [0, 0.05) is 19.0 Å². The summed E-state index contributed by atoms with van der Waals surface area (Å²) < 4.78 is 34.8. The standard InChI is InChI=1S/C12H8F2.C10H17NO2.C2H7NS/c13-10-7-4-8-11(14)12(10)9-5-2-1-3-6-9;1-7-5-9(7)10(12)11-3-4-13-8(2)6-11;1-3-4-2/h1-8H;7-9H,3-6H2,1-2H3;3H,1-2H3/t;7-,8+,9+;/m.0./s1. The lowest BCUT2D eigenvalue weighted by Crippen LogP contribution is -2.45. The SMILES string of the molecule is CNSC.C[C@@H]1CN(C(=O)[C@@H]2C[C@@H]2C)CCO1.Fc1cccc(F)c1-c1ccccc1. The first-order valence-corrected chi connectivity index (χ1v) is 11.7. The van der Waals surface area contributed by atoms with Gasteiger partial charge in [0.15, 0.2) is 0 Å². The zero-order valence-electron chi connectivity index (χ0n) is 18.6. The Kier molecular flexibility index (Phi) is 10.4. The summed E-state index contributed by atoms with van der Waals surface area (Å²) >= 11 is 1.61. The van der Waals surface area contributed by atoms with Crippen molar-refractivity contribution in [3.8, 4) is 11.1 Å². The van der Waals surface area contributed by atoms with Crippen molar-refractivity contribution in [2.45, 2.75) is 26.4 Å². The summed E-state index contributed by atoms with van der Waals surface area (Å²) in [5.41, 5.74) is 0.594. The molecule has 2 fully saturated rings. The average molecular weight is 451 g/mol. The first kappa shape index (κ1) is 25.3. The number of halogens is 2. The third kappa shape index (κ3) is 7.91. The van der Waals surface area contributed by atoms with E-state index < -0.39 is 11.6 Å². The maximum atomic E-state index is 13.3. The highest BCUT2D eigenvalue weighted by Gasteiger charge is 2.42. The minimum absolute atomic E-state index is 0.0353. The van der Waals surface area contributed by atoms with Crippen LogP contribution in [0.2, 0.25) is 0 Å². The molecule has 4 rings (SSSR count). The minimum Gasteiger partial charge on any atom is -0.375 e. The van der Waals surface area contributed by atoms with Crippen LogP contribution >= 0.6 is 11.9 Å². The zero-order chi connectivity index (χ0) is 22.8. The van der Waals surface area contributed by atoms with Crippen molar-refractivity contribution in [1.82, 2.24) is 9.62 Å². The molecule has 1 amide bonds. The number of carbonyl (C=O) groups excluding carboxylic acids is 1. The van der Waals surface area contributed by atoms with Crippen LogP contribution in [0.3, 0.4) is 0 Å². The van der Waals surface area contributed by atoms with E-state index in [9.17, 15) is 13.6 Å². The lowest BCUT2D eigenvalue weighted by molar-refractivity contribution is -0.139. The molecule has 2 aromatic carbocycles. The van der Waals surface area contributed by atoms with Crippen molar-refractivity contribution in [3.63, 3.8) is 0 Å². The molecule has 7 heteroatoms. The summed E-state index contributed by atoms with van der Waals surface area (Å²) in [4.78, 5) is 13.7. The summed E-state index contributed by atoms with van der Waals surface area (Å²) in [6.45, 7) is 6.44. The van der Waals surface area contributed by atoms with Gasteiger partial charge in [-0.1, -0.05) is 55.3 Å². The van der Waals surface area contributed by atoms with E-state index in [0.717, 1.165) is 19.5 Å². The van der Waals surface area contributed by atoms with E-state index in [2.05, 4.69) is 11.6 Å². The van der Waals surface area contributed by atoms with E-state index >= 15 is 0 Å². The number of carbonyl (C=O) groups is 1. The molecule has 2 aromatic rings. The van der Waals surface area contributed by atoms with E-state index in [1.165, 1.54) is 18.2 Å². The molecule has 1 saturated carbocycles. The second-order valence-corrected chi connectivity index (χ2v) is 8.47. The van der Waals surface area contributed by atoms with Gasteiger partial charge in [0.25, 0.3) is 0 Å². The van der Waals surface area contributed by atoms with Crippen molar-refractivity contribution < 1.29 is 18.3 Å². The van der Waals surface area contributed by atoms with E-state index in [-0.39, 0.29) is 11.7 Å². The number of rotatable bonds is 3. The largest absolute Gasteiger partial charge is 0.375 e. The first-order valence-electron chi connectivity index (χ1n) is 10.5. The van der Waals surface area contributed by atoms with Gasteiger partial charge in [0.05, 0.1) is 18.3 Å². The molecule has 0 spiro atoms.